The number of fused-ring (bicyclic) bond motifs is 3. The second-order valence-corrected chi connectivity index (χ2v) is 29.0. The van der Waals surface area contributed by atoms with Gasteiger partial charge < -0.3 is 70.9 Å². The smallest absolute Gasteiger partial charge is 0.408 e. The molecule has 0 aliphatic rings. The zero-order valence-corrected chi connectivity index (χ0v) is 79.6. The van der Waals surface area contributed by atoms with Gasteiger partial charge in [0, 0.05) is 189 Å². The Hall–Kier alpha value is -7.31. The molecular weight excluding hydrogens is 2020 g/mol. The number of rotatable bonds is 13. The van der Waals surface area contributed by atoms with Crippen LogP contribution >= 0.6 is 98.5 Å². The SMILES string of the molecule is CB(O)Nc1ccc(Br)c(=O)[nH]1.CC#Cc1cc2c(=O)c(C(=O)NCc3ccc(Cl)cc3)cn(C)c2n(C)c1=O.CCCc1cc2c(=O)c(C(=O)NCc3ccc(Cl)cc3)cn(C)c2n(C)c1=O.Cn1c(=O)c(Br)cc2c(=O)c(C(=O)NCc3ccc(Cl)cc3)c[n-]c21.Cn1c([NH-])ccc(Br)c1=O.[NH-]c1ccc(Br)cn1.[Y].[Y].[Y]. The van der Waals surface area contributed by atoms with E-state index in [1.165, 1.54) is 56.0 Å². The van der Waals surface area contributed by atoms with Gasteiger partial charge in [0.1, 0.15) is 22.4 Å². The quantitative estimate of drug-likeness (QED) is 0.0461. The van der Waals surface area contributed by atoms with E-state index in [0.29, 0.717) is 64.3 Å². The maximum absolute atomic E-state index is 13.0. The van der Waals surface area contributed by atoms with Crippen molar-refractivity contribution in [1.82, 2.24) is 58.3 Å². The first-order valence-electron chi connectivity index (χ1n) is 33.1. The minimum atomic E-state index is -0.679. The summed E-state index contributed by atoms with van der Waals surface area (Å²) in [6.07, 6.45) is 7.08. The summed E-state index contributed by atoms with van der Waals surface area (Å²) < 4.78 is 10.7. The Bertz CT molecular complexity index is 6060. The van der Waals surface area contributed by atoms with E-state index in [-0.39, 0.29) is 200 Å². The molecule has 0 fully saturated rings. The molecule has 0 bridgehead atoms. The Kier molecular flexibility index (Phi) is 40.5. The summed E-state index contributed by atoms with van der Waals surface area (Å²) in [7, 11) is 9.02. The van der Waals surface area contributed by atoms with Crippen LogP contribution in [0.4, 0.5) is 17.5 Å². The van der Waals surface area contributed by atoms with Crippen molar-refractivity contribution < 1.29 is 118 Å². The van der Waals surface area contributed by atoms with Gasteiger partial charge in [0.25, 0.3) is 34.4 Å². The molecule has 0 saturated heterocycles. The summed E-state index contributed by atoms with van der Waals surface area (Å²) in [5.74, 6) is 4.92. The Balaban J connectivity index is 0.000000302. The Morgan fingerprint density at radius 1 is 0.553 bits per heavy atom. The third-order valence-corrected chi connectivity index (χ3v) is 19.1. The van der Waals surface area contributed by atoms with Crippen LogP contribution in [0.2, 0.25) is 21.9 Å². The molecule has 3 amide bonds. The molecule has 27 nitrogen and oxygen atoms in total. The maximum Gasteiger partial charge on any atom is 0.408 e. The van der Waals surface area contributed by atoms with Gasteiger partial charge in [-0.05, 0) is 169 Å². The molecule has 9 heterocycles. The number of nitrogens with zero attached hydrogens (tertiary/aromatic N) is 8. The number of H-pyrrole nitrogens is 1. The fraction of sp³-hybridized carbons (Fsp3) is 0.184. The van der Waals surface area contributed by atoms with Crippen molar-refractivity contribution in [2.75, 3.05) is 5.23 Å². The van der Waals surface area contributed by atoms with Crippen LogP contribution < -0.4 is 70.2 Å². The van der Waals surface area contributed by atoms with Crippen molar-refractivity contribution in [3.63, 3.8) is 0 Å². The van der Waals surface area contributed by atoms with E-state index in [2.05, 4.69) is 112 Å². The number of hydrogen-bond donors (Lipinski definition) is 6. The molecule has 0 aliphatic carbocycles. The number of hydrogen-bond acceptors (Lipinski definition) is 14. The number of aromatic amines is 1. The van der Waals surface area contributed by atoms with Crippen LogP contribution in [0, 0.1) is 11.8 Å². The molecule has 0 saturated carbocycles. The van der Waals surface area contributed by atoms with E-state index in [9.17, 15) is 52.7 Å². The number of carbonyl (C=O) groups is 3. The van der Waals surface area contributed by atoms with Crippen LogP contribution in [0.1, 0.15) is 79.2 Å². The summed E-state index contributed by atoms with van der Waals surface area (Å²) in [6.45, 7) is 5.96. The number of pyridine rings is 9. The largest absolute Gasteiger partial charge is 0.482 e. The van der Waals surface area contributed by atoms with Gasteiger partial charge in [0.15, 0.2) is 16.5 Å². The van der Waals surface area contributed by atoms with Crippen molar-refractivity contribution in [3.05, 3.63) is 324 Å². The average Bonchev–Trinajstić information content (AvgIpc) is 0.802. The fourth-order valence-electron chi connectivity index (χ4n) is 10.5. The number of carbonyl (C=O) groups excluding carboxylic acids is 3. The van der Waals surface area contributed by atoms with Crippen LogP contribution in [-0.4, -0.2) is 67.2 Å². The van der Waals surface area contributed by atoms with Crippen molar-refractivity contribution >= 4 is 174 Å². The summed E-state index contributed by atoms with van der Waals surface area (Å²) in [6, 6.07) is 35.5. The molecule has 0 aliphatic heterocycles. The molecule has 0 spiro atoms. The maximum atomic E-state index is 13.0. The molecule has 38 heteroatoms. The Morgan fingerprint density at radius 3 is 1.43 bits per heavy atom. The topological polar surface area (TPSA) is 376 Å². The molecule has 12 rings (SSSR count). The van der Waals surface area contributed by atoms with Crippen LogP contribution in [0.15, 0.2) is 208 Å². The van der Waals surface area contributed by atoms with Crippen LogP contribution in [0.25, 0.3) is 44.6 Å². The summed E-state index contributed by atoms with van der Waals surface area (Å²) in [5, 5.41) is 22.4. The molecule has 585 valence electrons. The molecule has 12 aromatic rings. The third kappa shape index (κ3) is 26.9. The first kappa shape index (κ1) is 99.0. The number of nitrogens with one attached hydrogen (secondary N) is 7. The summed E-state index contributed by atoms with van der Waals surface area (Å²) in [4.78, 5) is 145. The molecule has 0 atom stereocenters. The minimum Gasteiger partial charge on any atom is -0.482 e. The number of aryl methyl sites for hydroxylation is 6. The second-order valence-electron chi connectivity index (χ2n) is 24.2. The van der Waals surface area contributed by atoms with Crippen LogP contribution in [0.3, 0.4) is 0 Å². The van der Waals surface area contributed by atoms with Gasteiger partial charge in [0.05, 0.1) is 41.1 Å². The molecule has 0 unspecified atom stereocenters. The van der Waals surface area contributed by atoms with Gasteiger partial charge in [-0.1, -0.05) is 157 Å². The monoisotopic (exact) mass is 2080 g/mol. The molecule has 3 aromatic carbocycles. The van der Waals surface area contributed by atoms with E-state index in [4.69, 9.17) is 51.3 Å². The van der Waals surface area contributed by atoms with E-state index >= 15 is 0 Å². The van der Waals surface area contributed by atoms with Gasteiger partial charge in [-0.25, -0.2) is 0 Å². The minimum absolute atomic E-state index is 0. The first-order chi connectivity index (χ1) is 52.5. The molecular formula is C76H70BBr4Cl3N15O12Y3-3. The molecule has 8 N–H and O–H groups in total. The van der Waals surface area contributed by atoms with Crippen molar-refractivity contribution in [1.29, 1.82) is 0 Å². The predicted octanol–water partition coefficient (Wildman–Crippen LogP) is 12.2. The van der Waals surface area contributed by atoms with Gasteiger partial charge >= 0.3 is 7.05 Å². The van der Waals surface area contributed by atoms with Gasteiger partial charge in [-0.15, -0.1) is 5.92 Å². The standard InChI is InChI=1S/C21H22ClN3O3.C21H18ClN3O3.C17H13BrClN3O3.C6H8BBrN2O2.C6H7BrN2O.C5H4BrN2.3Y/c2*1-4-5-14-10-16-18(26)17(12-24(2)20(16)25(3)21(14)28)19(27)23-11-13-6-8-15(22)9-7-13;1-22-15-11(6-13(18)17(22)25)14(23)12(8-20-15)16(24)21-7-9-2-4-10(19)5-3-9;1-7(12)10-5-3-2-4(8)6(11)9-5;1-9-5(8)3-2-4(7)6(9)10;6-4-1-2-5(7)8-3-4;;;/h6-10,12H,4-5,11H2,1-3H3,(H,23,27);6-10,12H,11H2,1-3H3,(H,23,27);2-6,8H,7H2,1H3,(H2,20,21,23,24,25);2-3,12H,1H3,(H2,9,10,11);2-3H,1H3,(H2,8,10);1-3H,(H-,7,8);;;/q;;;;;-1;;;/p-2. The average molecular weight is 2090 g/mol. The molecule has 3 radical (unpaired) electrons. The fourth-order valence-corrected chi connectivity index (χ4v) is 12.2. The van der Waals surface area contributed by atoms with Crippen molar-refractivity contribution in [2.24, 2.45) is 42.3 Å². The summed E-state index contributed by atoms with van der Waals surface area (Å²) in [5.41, 5.74) is 16.2. The number of amides is 3. The van der Waals surface area contributed by atoms with Crippen LogP contribution in [-0.2, 0) is 166 Å². The number of aromatic nitrogens is 9. The predicted molar refractivity (Wildman–Crippen MR) is 451 cm³/mol. The van der Waals surface area contributed by atoms with Crippen molar-refractivity contribution in [2.45, 2.75) is 53.1 Å². The van der Waals surface area contributed by atoms with Gasteiger partial charge in [0.2, 0.25) is 10.9 Å². The molecule has 9 aromatic heterocycles. The van der Waals surface area contributed by atoms with E-state index in [1.807, 2.05) is 19.1 Å². The first-order valence-corrected chi connectivity index (χ1v) is 37.4. The Labute approximate surface area is 776 Å². The number of anilines is 1. The van der Waals surface area contributed by atoms with E-state index in [0.717, 1.165) is 27.6 Å². The van der Waals surface area contributed by atoms with E-state index < -0.39 is 35.6 Å². The molecule has 114 heavy (non-hydrogen) atoms. The zero-order valence-electron chi connectivity index (χ0n) is 62.4. The van der Waals surface area contributed by atoms with Crippen LogP contribution in [0.5, 0.6) is 0 Å². The summed E-state index contributed by atoms with van der Waals surface area (Å²) >= 11 is 30.0. The van der Waals surface area contributed by atoms with Crippen molar-refractivity contribution in [3.8, 4) is 11.8 Å². The zero-order chi connectivity index (χ0) is 81.8. The Morgan fingerprint density at radius 2 is 1.00 bits per heavy atom. The van der Waals surface area contributed by atoms with Gasteiger partial charge in [-0.3, -0.25) is 61.9 Å². The second kappa shape index (κ2) is 46.6. The number of benzene rings is 3. The van der Waals surface area contributed by atoms with E-state index in [1.54, 1.807) is 167 Å². The van der Waals surface area contributed by atoms with Gasteiger partial charge in [-0.2, -0.15) is 0 Å². The third-order valence-electron chi connectivity index (χ3n) is 16.1. The normalized spacial score (nSPS) is 10.1. The number of halogens is 7.